The zero-order valence-corrected chi connectivity index (χ0v) is 11.5. The lowest BCUT2D eigenvalue weighted by Gasteiger charge is -2.20. The molecule has 1 rings (SSSR count). The third-order valence-corrected chi connectivity index (χ3v) is 4.24. The molecule has 3 unspecified atom stereocenters. The second-order valence-corrected chi connectivity index (χ2v) is 6.04. The highest BCUT2D eigenvalue weighted by molar-refractivity contribution is 7.84. The first-order valence-corrected chi connectivity index (χ1v) is 7.51. The first-order valence-electron chi connectivity index (χ1n) is 5.89. The van der Waals surface area contributed by atoms with Crippen molar-refractivity contribution in [1.29, 1.82) is 0 Å². The molecule has 3 atom stereocenters. The van der Waals surface area contributed by atoms with Crippen molar-refractivity contribution in [3.63, 3.8) is 0 Å². The van der Waals surface area contributed by atoms with Crippen LogP contribution < -0.4 is 5.32 Å². The van der Waals surface area contributed by atoms with E-state index in [2.05, 4.69) is 12.2 Å². The van der Waals surface area contributed by atoms with Crippen LogP contribution in [-0.4, -0.2) is 27.4 Å². The molecule has 0 amide bonds. The van der Waals surface area contributed by atoms with Gasteiger partial charge in [0.1, 0.15) is 5.75 Å². The molecule has 0 saturated carbocycles. The quantitative estimate of drug-likeness (QED) is 0.819. The fraction of sp³-hybridized carbons (Fsp3) is 0.538. The van der Waals surface area contributed by atoms with Crippen molar-refractivity contribution in [2.24, 2.45) is 0 Å². The Morgan fingerprint density at radius 2 is 2.06 bits per heavy atom. The number of benzene rings is 1. The maximum Gasteiger partial charge on any atom is 0.120 e. The zero-order chi connectivity index (χ0) is 12.8. The van der Waals surface area contributed by atoms with Crippen molar-refractivity contribution in [1.82, 2.24) is 5.32 Å². The van der Waals surface area contributed by atoms with E-state index in [1.54, 1.807) is 12.3 Å². The fourth-order valence-electron chi connectivity index (χ4n) is 1.68. The van der Waals surface area contributed by atoms with Gasteiger partial charge in [0.25, 0.3) is 0 Å². The van der Waals surface area contributed by atoms with Gasteiger partial charge in [-0.2, -0.15) is 0 Å². The largest absolute Gasteiger partial charge is 0.508 e. The number of hydrogen-bond donors (Lipinski definition) is 2. The topological polar surface area (TPSA) is 49.3 Å². The summed E-state index contributed by atoms with van der Waals surface area (Å²) in [5.41, 5.74) is 0.907. The van der Waals surface area contributed by atoms with Crippen LogP contribution in [0.15, 0.2) is 24.3 Å². The van der Waals surface area contributed by atoms with E-state index in [9.17, 15) is 9.32 Å². The van der Waals surface area contributed by atoms with Gasteiger partial charge >= 0.3 is 0 Å². The van der Waals surface area contributed by atoms with Crippen LogP contribution in [0.25, 0.3) is 0 Å². The van der Waals surface area contributed by atoms with Crippen LogP contribution in [0.2, 0.25) is 0 Å². The molecule has 96 valence electrons. The van der Waals surface area contributed by atoms with E-state index in [1.165, 1.54) is 0 Å². The zero-order valence-electron chi connectivity index (χ0n) is 10.6. The summed E-state index contributed by atoms with van der Waals surface area (Å²) in [5.74, 6) is 0.317. The van der Waals surface area contributed by atoms with Crippen molar-refractivity contribution in [2.45, 2.75) is 31.6 Å². The van der Waals surface area contributed by atoms with Gasteiger partial charge in [-0.25, -0.2) is 0 Å². The van der Waals surface area contributed by atoms with Gasteiger partial charge in [0.2, 0.25) is 0 Å². The molecule has 0 radical (unpaired) electrons. The van der Waals surface area contributed by atoms with Gasteiger partial charge in [-0.3, -0.25) is 4.21 Å². The molecule has 0 aromatic heterocycles. The molecule has 3 nitrogen and oxygen atoms in total. The summed E-state index contributed by atoms with van der Waals surface area (Å²) < 4.78 is 11.3. The second-order valence-electron chi connectivity index (χ2n) is 4.24. The van der Waals surface area contributed by atoms with E-state index < -0.39 is 10.8 Å². The van der Waals surface area contributed by atoms with E-state index in [0.717, 1.165) is 12.0 Å². The van der Waals surface area contributed by atoms with E-state index in [4.69, 9.17) is 0 Å². The van der Waals surface area contributed by atoms with Gasteiger partial charge in [-0.1, -0.05) is 25.1 Å². The molecule has 1 aromatic carbocycles. The lowest BCUT2D eigenvalue weighted by atomic mass is 10.0. The average Bonchev–Trinajstić information content (AvgIpc) is 2.31. The highest BCUT2D eigenvalue weighted by Gasteiger charge is 2.14. The number of para-hydroxylation sites is 1. The third-order valence-electron chi connectivity index (χ3n) is 2.94. The molecule has 0 aliphatic heterocycles. The monoisotopic (exact) mass is 255 g/mol. The normalized spacial score (nSPS) is 16.4. The summed E-state index contributed by atoms with van der Waals surface area (Å²) in [7, 11) is -0.815. The summed E-state index contributed by atoms with van der Waals surface area (Å²) in [4.78, 5) is 0. The molecule has 1 aromatic rings. The van der Waals surface area contributed by atoms with Crippen LogP contribution in [-0.2, 0) is 10.8 Å². The summed E-state index contributed by atoms with van der Waals surface area (Å²) in [5, 5.41) is 13.3. The Morgan fingerprint density at radius 1 is 1.41 bits per heavy atom. The molecule has 0 aliphatic carbocycles. The molecular formula is C13H21NO2S. The van der Waals surface area contributed by atoms with Crippen LogP contribution in [0, 0.1) is 0 Å². The van der Waals surface area contributed by atoms with Gasteiger partial charge in [0.15, 0.2) is 0 Å². The number of nitrogens with one attached hydrogen (secondary N) is 1. The molecule has 0 aliphatic rings. The minimum atomic E-state index is -0.815. The summed E-state index contributed by atoms with van der Waals surface area (Å²) >= 11 is 0. The number of phenolic OH excluding ortho intramolecular Hbond substituents is 1. The van der Waals surface area contributed by atoms with Crippen LogP contribution >= 0.6 is 0 Å². The maximum atomic E-state index is 11.3. The first kappa shape index (κ1) is 14.2. The highest BCUT2D eigenvalue weighted by atomic mass is 32.2. The predicted octanol–water partition coefficient (Wildman–Crippen LogP) is 2.20. The Hall–Kier alpha value is -0.870. The minimum absolute atomic E-state index is 0.113. The van der Waals surface area contributed by atoms with Crippen molar-refractivity contribution in [3.8, 4) is 5.75 Å². The van der Waals surface area contributed by atoms with Gasteiger partial charge in [0.05, 0.1) is 0 Å². The highest BCUT2D eigenvalue weighted by Crippen LogP contribution is 2.25. The van der Waals surface area contributed by atoms with Crippen LogP contribution in [0.5, 0.6) is 5.75 Å². The molecular weight excluding hydrogens is 234 g/mol. The van der Waals surface area contributed by atoms with E-state index in [-0.39, 0.29) is 11.3 Å². The third kappa shape index (κ3) is 4.13. The van der Waals surface area contributed by atoms with Crippen molar-refractivity contribution in [3.05, 3.63) is 29.8 Å². The molecule has 0 fully saturated rings. The summed E-state index contributed by atoms with van der Waals surface area (Å²) in [6, 6.07) is 7.46. The lowest BCUT2D eigenvalue weighted by Crippen LogP contribution is -2.30. The Morgan fingerprint density at radius 3 is 2.59 bits per heavy atom. The Labute approximate surface area is 106 Å². The average molecular weight is 255 g/mol. The maximum absolute atomic E-state index is 11.3. The molecule has 0 saturated heterocycles. The number of hydrogen-bond acceptors (Lipinski definition) is 3. The summed E-state index contributed by atoms with van der Waals surface area (Å²) in [6.45, 7) is 4.72. The SMILES string of the molecule is CCC(NCC(C)S(C)=O)c1ccccc1O. The number of rotatable bonds is 6. The standard InChI is InChI=1S/C13H21NO2S/c1-4-12(14-9-10(2)17(3)16)11-7-5-6-8-13(11)15/h5-8,10,12,14-15H,4,9H2,1-3H3. The Kier molecular flexibility index (Phi) is 5.65. The molecule has 17 heavy (non-hydrogen) atoms. The number of phenols is 1. The smallest absolute Gasteiger partial charge is 0.120 e. The molecule has 2 N–H and O–H groups in total. The molecule has 4 heteroatoms. The Bertz CT molecular complexity index is 381. The van der Waals surface area contributed by atoms with Gasteiger partial charge < -0.3 is 10.4 Å². The van der Waals surface area contributed by atoms with E-state index in [1.807, 2.05) is 25.1 Å². The minimum Gasteiger partial charge on any atom is -0.508 e. The molecule has 0 bridgehead atoms. The van der Waals surface area contributed by atoms with E-state index >= 15 is 0 Å². The van der Waals surface area contributed by atoms with Crippen molar-refractivity contribution in [2.75, 3.05) is 12.8 Å². The van der Waals surface area contributed by atoms with E-state index in [0.29, 0.717) is 12.3 Å². The van der Waals surface area contributed by atoms with Crippen molar-refractivity contribution < 1.29 is 9.32 Å². The van der Waals surface area contributed by atoms with Gasteiger partial charge in [-0.05, 0) is 19.4 Å². The molecule has 0 heterocycles. The Balaban J connectivity index is 2.67. The fourth-order valence-corrected chi connectivity index (χ4v) is 2.01. The lowest BCUT2D eigenvalue weighted by molar-refractivity contribution is 0.442. The number of aromatic hydroxyl groups is 1. The van der Waals surface area contributed by atoms with Crippen LogP contribution in [0.3, 0.4) is 0 Å². The van der Waals surface area contributed by atoms with Gasteiger partial charge in [-0.15, -0.1) is 0 Å². The van der Waals surface area contributed by atoms with Gasteiger partial charge in [0, 0.05) is 40.5 Å². The second kappa shape index (κ2) is 6.77. The first-order chi connectivity index (χ1) is 8.06. The van der Waals surface area contributed by atoms with Crippen LogP contribution in [0.4, 0.5) is 0 Å². The predicted molar refractivity (Wildman–Crippen MR) is 72.7 cm³/mol. The summed E-state index contributed by atoms with van der Waals surface area (Å²) in [6.07, 6.45) is 2.61. The van der Waals surface area contributed by atoms with Crippen LogP contribution in [0.1, 0.15) is 31.9 Å². The van der Waals surface area contributed by atoms with Crippen molar-refractivity contribution >= 4 is 10.8 Å². The molecule has 0 spiro atoms.